The molecule has 26 heavy (non-hydrogen) atoms. The Balaban J connectivity index is 1.35. The van der Waals surface area contributed by atoms with Gasteiger partial charge in [-0.15, -0.1) is 0 Å². The van der Waals surface area contributed by atoms with Crippen molar-refractivity contribution in [2.24, 2.45) is 7.05 Å². The molecule has 1 amide bonds. The van der Waals surface area contributed by atoms with Crippen LogP contribution in [0.4, 0.5) is 5.69 Å². The van der Waals surface area contributed by atoms with E-state index in [4.69, 9.17) is 0 Å². The van der Waals surface area contributed by atoms with E-state index in [1.807, 2.05) is 30.1 Å². The Labute approximate surface area is 155 Å². The minimum absolute atomic E-state index is 0.307. The van der Waals surface area contributed by atoms with Gasteiger partial charge in [0.05, 0.1) is 0 Å². The first kappa shape index (κ1) is 17.1. The number of hydrogen-bond acceptors (Lipinski definition) is 3. The summed E-state index contributed by atoms with van der Waals surface area (Å²) in [6, 6.07) is 11.2. The lowest BCUT2D eigenvalue weighted by Crippen LogP contribution is -2.46. The van der Waals surface area contributed by atoms with Crippen LogP contribution in [-0.2, 0) is 11.8 Å². The molecule has 2 aliphatic heterocycles. The molecule has 1 N–H and O–H groups in total. The molecule has 2 atom stereocenters. The Morgan fingerprint density at radius 2 is 1.92 bits per heavy atom. The number of aryl methyl sites for hydroxylation is 2. The summed E-state index contributed by atoms with van der Waals surface area (Å²) in [7, 11) is 2.02. The number of piperidine rings is 1. The third-order valence-corrected chi connectivity index (χ3v) is 6.10. The monoisotopic (exact) mass is 352 g/mol. The van der Waals surface area contributed by atoms with E-state index in [1.165, 1.54) is 11.3 Å². The van der Waals surface area contributed by atoms with Crippen molar-refractivity contribution in [2.75, 3.05) is 11.9 Å². The summed E-state index contributed by atoms with van der Waals surface area (Å²) in [6.45, 7) is 2.79. The highest BCUT2D eigenvalue weighted by Crippen LogP contribution is 2.43. The van der Waals surface area contributed by atoms with E-state index in [2.05, 4.69) is 40.4 Å². The van der Waals surface area contributed by atoms with Gasteiger partial charge in [0.15, 0.2) is 0 Å². The number of nitrogens with zero attached hydrogens (tertiary/aromatic N) is 3. The van der Waals surface area contributed by atoms with Crippen molar-refractivity contribution in [2.45, 2.75) is 57.0 Å². The number of nitrogens with one attached hydrogen (secondary N) is 1. The maximum atomic E-state index is 12.9. The van der Waals surface area contributed by atoms with E-state index in [-0.39, 0.29) is 0 Å². The Kier molecular flexibility index (Phi) is 4.70. The van der Waals surface area contributed by atoms with Crippen molar-refractivity contribution in [1.29, 1.82) is 0 Å². The topological polar surface area (TPSA) is 50.2 Å². The predicted molar refractivity (Wildman–Crippen MR) is 103 cm³/mol. The van der Waals surface area contributed by atoms with Crippen molar-refractivity contribution in [3.63, 3.8) is 0 Å². The number of fused-ring (bicyclic) bond motifs is 2. The first-order valence-corrected chi connectivity index (χ1v) is 9.72. The molecule has 1 aromatic heterocycles. The summed E-state index contributed by atoms with van der Waals surface area (Å²) >= 11 is 0. The van der Waals surface area contributed by atoms with Crippen molar-refractivity contribution in [3.8, 4) is 0 Å². The average molecular weight is 352 g/mol. The molecular formula is C21H28N4O. The number of carbonyl (C=O) groups is 1. The van der Waals surface area contributed by atoms with Crippen LogP contribution in [0.25, 0.3) is 0 Å². The molecule has 3 heterocycles. The number of anilines is 1. The van der Waals surface area contributed by atoms with Gasteiger partial charge in [-0.3, -0.25) is 9.48 Å². The number of carbonyl (C=O) groups excluding carboxylic acids is 1. The first-order valence-electron chi connectivity index (χ1n) is 9.72. The second kappa shape index (κ2) is 7.14. The summed E-state index contributed by atoms with van der Waals surface area (Å²) < 4.78 is 1.99. The molecule has 1 aromatic carbocycles. The normalized spacial score (nSPS) is 24.7. The molecular weight excluding hydrogens is 324 g/mol. The van der Waals surface area contributed by atoms with E-state index in [0.29, 0.717) is 36.9 Å². The Bertz CT molecular complexity index is 770. The Hall–Kier alpha value is -2.30. The second-order valence-corrected chi connectivity index (χ2v) is 7.73. The fourth-order valence-corrected chi connectivity index (χ4v) is 4.81. The molecule has 5 heteroatoms. The van der Waals surface area contributed by atoms with Crippen molar-refractivity contribution in [3.05, 3.63) is 47.8 Å². The molecule has 2 aromatic rings. The molecule has 0 saturated carbocycles. The average Bonchev–Trinajstić information content (AvgIpc) is 3.17. The molecule has 5 nitrogen and oxygen atoms in total. The maximum absolute atomic E-state index is 12.9. The highest BCUT2D eigenvalue weighted by atomic mass is 16.2. The van der Waals surface area contributed by atoms with Crippen LogP contribution in [0.3, 0.4) is 0 Å². The smallest absolute Gasteiger partial charge is 0.224 e. The van der Waals surface area contributed by atoms with E-state index >= 15 is 0 Å². The Morgan fingerprint density at radius 3 is 2.58 bits per heavy atom. The minimum Gasteiger partial charge on any atom is -0.384 e. The minimum atomic E-state index is 0.307. The van der Waals surface area contributed by atoms with E-state index in [0.717, 1.165) is 31.4 Å². The molecule has 2 aliphatic rings. The van der Waals surface area contributed by atoms with Crippen LogP contribution in [0.1, 0.15) is 49.3 Å². The molecule has 2 fully saturated rings. The van der Waals surface area contributed by atoms with Crippen molar-refractivity contribution < 1.29 is 4.79 Å². The van der Waals surface area contributed by atoms with Crippen LogP contribution >= 0.6 is 0 Å². The van der Waals surface area contributed by atoms with Gasteiger partial charge in [-0.1, -0.05) is 18.2 Å². The van der Waals surface area contributed by atoms with Gasteiger partial charge >= 0.3 is 0 Å². The third-order valence-electron chi connectivity index (χ3n) is 6.10. The molecule has 0 spiro atoms. The molecule has 2 saturated heterocycles. The number of amides is 1. The van der Waals surface area contributed by atoms with Gasteiger partial charge in [0.25, 0.3) is 0 Å². The molecule has 4 rings (SSSR count). The predicted octanol–water partition coefficient (Wildman–Crippen LogP) is 3.47. The molecule has 138 valence electrons. The van der Waals surface area contributed by atoms with Crippen LogP contribution in [0.5, 0.6) is 0 Å². The molecule has 2 unspecified atom stereocenters. The summed E-state index contributed by atoms with van der Waals surface area (Å²) in [5, 5.41) is 7.73. The summed E-state index contributed by atoms with van der Waals surface area (Å²) in [4.78, 5) is 15.1. The van der Waals surface area contributed by atoms with E-state index in [9.17, 15) is 4.79 Å². The summed E-state index contributed by atoms with van der Waals surface area (Å²) in [5.41, 5.74) is 3.66. The number of hydrogen-bond donors (Lipinski definition) is 1. The van der Waals surface area contributed by atoms with Gasteiger partial charge in [-0.2, -0.15) is 5.10 Å². The van der Waals surface area contributed by atoms with Crippen molar-refractivity contribution >= 4 is 11.6 Å². The van der Waals surface area contributed by atoms with Crippen LogP contribution in [0, 0.1) is 6.92 Å². The second-order valence-electron chi connectivity index (χ2n) is 7.73. The first-order chi connectivity index (χ1) is 12.6. The quantitative estimate of drug-likeness (QED) is 0.896. The fourth-order valence-electron chi connectivity index (χ4n) is 4.81. The zero-order valence-electron chi connectivity index (χ0n) is 15.7. The van der Waals surface area contributed by atoms with Gasteiger partial charge in [-0.25, -0.2) is 0 Å². The van der Waals surface area contributed by atoms with Crippen LogP contribution in [0.2, 0.25) is 0 Å². The summed E-state index contributed by atoms with van der Waals surface area (Å²) in [6.07, 6.45) is 6.90. The zero-order valence-corrected chi connectivity index (χ0v) is 15.7. The van der Waals surface area contributed by atoms with E-state index in [1.54, 1.807) is 0 Å². The molecule has 0 aliphatic carbocycles. The number of benzene rings is 1. The number of para-hydroxylation sites is 1. The van der Waals surface area contributed by atoms with Gasteiger partial charge < -0.3 is 10.2 Å². The summed E-state index contributed by atoms with van der Waals surface area (Å²) in [5.74, 6) is 0.844. The van der Waals surface area contributed by atoms with Gasteiger partial charge in [0.2, 0.25) is 5.91 Å². The number of rotatable bonds is 5. The van der Waals surface area contributed by atoms with Gasteiger partial charge in [-0.05, 0) is 50.3 Å². The lowest BCUT2D eigenvalue weighted by molar-refractivity contribution is -0.135. The van der Waals surface area contributed by atoms with E-state index < -0.39 is 0 Å². The van der Waals surface area contributed by atoms with Gasteiger partial charge in [0, 0.05) is 55.6 Å². The number of aromatic nitrogens is 2. The van der Waals surface area contributed by atoms with Crippen molar-refractivity contribution in [1.82, 2.24) is 14.7 Å². The van der Waals surface area contributed by atoms with Crippen LogP contribution in [-0.4, -0.2) is 39.2 Å². The van der Waals surface area contributed by atoms with Crippen LogP contribution in [0.15, 0.2) is 36.5 Å². The Morgan fingerprint density at radius 1 is 1.19 bits per heavy atom. The highest BCUT2D eigenvalue weighted by Gasteiger charge is 2.43. The third kappa shape index (κ3) is 3.22. The lowest BCUT2D eigenvalue weighted by Gasteiger charge is -2.39. The zero-order chi connectivity index (χ0) is 18.1. The highest BCUT2D eigenvalue weighted by molar-refractivity contribution is 5.78. The largest absolute Gasteiger partial charge is 0.384 e. The lowest BCUT2D eigenvalue weighted by atomic mass is 9.88. The standard InChI is InChI=1S/C21H28N4O/c1-15-5-3-4-6-19(15)22-11-10-21(26)25-17-7-8-18(25)14-16(13-17)20-9-12-23-24(20)2/h3-6,9,12,16-18,22H,7-8,10-11,13-14H2,1-2H3. The fraction of sp³-hybridized carbons (Fsp3) is 0.524. The van der Waals surface area contributed by atoms with Crippen LogP contribution < -0.4 is 5.32 Å². The maximum Gasteiger partial charge on any atom is 0.224 e. The van der Waals surface area contributed by atoms with Gasteiger partial charge in [0.1, 0.15) is 0 Å². The molecule has 2 bridgehead atoms. The SMILES string of the molecule is Cc1ccccc1NCCC(=O)N1C2CCC1CC(c1ccnn1C)C2. The molecule has 0 radical (unpaired) electrons.